The van der Waals surface area contributed by atoms with E-state index in [4.69, 9.17) is 9.79 Å². The summed E-state index contributed by atoms with van der Waals surface area (Å²) in [6.45, 7) is 7.67. The van der Waals surface area contributed by atoms with Gasteiger partial charge in [0.15, 0.2) is 5.13 Å². The van der Waals surface area contributed by atoms with Crippen LogP contribution in [0.2, 0.25) is 0 Å². The number of alkyl halides is 2. The second-order valence-electron chi connectivity index (χ2n) is 12.3. The van der Waals surface area contributed by atoms with Crippen molar-refractivity contribution < 1.29 is 37.5 Å². The lowest BCUT2D eigenvalue weighted by molar-refractivity contribution is -0.140. The van der Waals surface area contributed by atoms with Gasteiger partial charge in [-0.2, -0.15) is 8.78 Å². The van der Waals surface area contributed by atoms with Crippen molar-refractivity contribution >= 4 is 63.2 Å². The van der Waals surface area contributed by atoms with Gasteiger partial charge in [0.25, 0.3) is 5.91 Å². The molecule has 1 aliphatic rings. The first-order valence-corrected chi connectivity index (χ1v) is 17.6. The predicted molar refractivity (Wildman–Crippen MR) is 174 cm³/mol. The van der Waals surface area contributed by atoms with Gasteiger partial charge in [-0.25, -0.2) is 4.98 Å². The van der Waals surface area contributed by atoms with Gasteiger partial charge in [0.1, 0.15) is 12.1 Å². The molecule has 0 aliphatic carbocycles. The van der Waals surface area contributed by atoms with Crippen LogP contribution in [-0.4, -0.2) is 56.0 Å². The number of halogens is 2. The van der Waals surface area contributed by atoms with Gasteiger partial charge in [-0.1, -0.05) is 68.0 Å². The highest BCUT2D eigenvalue weighted by Crippen LogP contribution is 2.59. The molecule has 0 spiro atoms. The summed E-state index contributed by atoms with van der Waals surface area (Å²) in [5, 5.41) is 6.23. The highest BCUT2D eigenvalue weighted by molar-refractivity contribution is 7.52. The van der Waals surface area contributed by atoms with Gasteiger partial charge in [-0.05, 0) is 54.3 Å². The summed E-state index contributed by atoms with van der Waals surface area (Å²) in [4.78, 5) is 65.7. The summed E-state index contributed by atoms with van der Waals surface area (Å²) in [6.07, 6.45) is 2.72. The fourth-order valence-corrected chi connectivity index (χ4v) is 7.45. The minimum Gasteiger partial charge on any atom is -0.339 e. The summed E-state index contributed by atoms with van der Waals surface area (Å²) in [6, 6.07) is 10.6. The lowest BCUT2D eigenvalue weighted by atomic mass is 9.85. The lowest BCUT2D eigenvalue weighted by Crippen LogP contribution is -2.57. The molecule has 4 aromatic rings. The van der Waals surface area contributed by atoms with E-state index in [-0.39, 0.29) is 16.2 Å². The summed E-state index contributed by atoms with van der Waals surface area (Å²) in [5.74, 6) is -1.42. The third kappa shape index (κ3) is 6.91. The number of hydrogen-bond donors (Lipinski definition) is 4. The number of nitrogens with one attached hydrogen (secondary N) is 2. The van der Waals surface area contributed by atoms with Crippen LogP contribution in [0.15, 0.2) is 54.7 Å². The molecule has 10 nitrogen and oxygen atoms in total. The molecule has 244 valence electrons. The number of carbonyl (C=O) groups excluding carboxylic acids is 3. The van der Waals surface area contributed by atoms with E-state index in [0.29, 0.717) is 29.2 Å². The third-order valence-corrected chi connectivity index (χ3v) is 10.8. The minimum atomic E-state index is -5.77. The number of hydrogen-bond acceptors (Lipinski definition) is 7. The number of benzene rings is 2. The Morgan fingerprint density at radius 2 is 1.76 bits per heavy atom. The highest BCUT2D eigenvalue weighted by atomic mass is 32.1. The SMILES string of the molecule is Cc1ccc(-c2cnc(NC(=O)[C@@H]3CCCN3C(=O)C(NC(=O)c3cc4cc(C(F)(F)P(=O)(O)O)ccc4s3)C(C)(C)C)s2)cc1. The van der Waals surface area contributed by atoms with Gasteiger partial charge in [0.05, 0.1) is 9.75 Å². The fourth-order valence-electron chi connectivity index (χ4n) is 5.20. The van der Waals surface area contributed by atoms with Crippen molar-refractivity contribution in [3.8, 4) is 10.4 Å². The lowest BCUT2D eigenvalue weighted by Gasteiger charge is -2.35. The van der Waals surface area contributed by atoms with E-state index in [1.807, 2.05) is 31.2 Å². The van der Waals surface area contributed by atoms with Crippen molar-refractivity contribution in [2.24, 2.45) is 5.41 Å². The molecule has 3 heterocycles. The number of rotatable bonds is 8. The van der Waals surface area contributed by atoms with Crippen LogP contribution in [0.1, 0.15) is 54.4 Å². The molecule has 3 amide bonds. The molecule has 46 heavy (non-hydrogen) atoms. The Bertz CT molecular complexity index is 1850. The van der Waals surface area contributed by atoms with E-state index in [1.54, 1.807) is 27.0 Å². The summed E-state index contributed by atoms with van der Waals surface area (Å²) in [7, 11) is -5.77. The van der Waals surface area contributed by atoms with Crippen molar-refractivity contribution in [3.63, 3.8) is 0 Å². The molecule has 4 N–H and O–H groups in total. The highest BCUT2D eigenvalue weighted by Gasteiger charge is 2.50. The average Bonchev–Trinajstić information content (AvgIpc) is 3.74. The maximum Gasteiger partial charge on any atom is 0.399 e. The van der Waals surface area contributed by atoms with Crippen LogP contribution in [0.3, 0.4) is 0 Å². The van der Waals surface area contributed by atoms with Crippen LogP contribution in [0.4, 0.5) is 13.9 Å². The normalized spacial score (nSPS) is 16.4. The third-order valence-electron chi connectivity index (χ3n) is 7.75. The monoisotopic (exact) mass is 690 g/mol. The number of likely N-dealkylation sites (tertiary alicyclic amines) is 1. The molecule has 0 saturated carbocycles. The van der Waals surface area contributed by atoms with Crippen LogP contribution in [0.25, 0.3) is 20.5 Å². The summed E-state index contributed by atoms with van der Waals surface area (Å²) >= 11 is 2.32. The average molecular weight is 691 g/mol. The van der Waals surface area contributed by atoms with Crippen molar-refractivity contribution in [1.29, 1.82) is 0 Å². The van der Waals surface area contributed by atoms with E-state index in [1.165, 1.54) is 28.4 Å². The van der Waals surface area contributed by atoms with Crippen LogP contribution in [-0.2, 0) is 19.8 Å². The maximum atomic E-state index is 14.3. The number of aromatic nitrogens is 1. The largest absolute Gasteiger partial charge is 0.399 e. The zero-order chi connectivity index (χ0) is 33.6. The van der Waals surface area contributed by atoms with Crippen LogP contribution in [0, 0.1) is 12.3 Å². The molecule has 2 aromatic carbocycles. The van der Waals surface area contributed by atoms with Crippen molar-refractivity contribution in [2.75, 3.05) is 11.9 Å². The van der Waals surface area contributed by atoms with Crippen LogP contribution >= 0.6 is 30.3 Å². The molecule has 1 fully saturated rings. The van der Waals surface area contributed by atoms with Gasteiger partial charge in [-0.3, -0.25) is 18.9 Å². The van der Waals surface area contributed by atoms with Crippen molar-refractivity contribution in [1.82, 2.24) is 15.2 Å². The van der Waals surface area contributed by atoms with Gasteiger partial charge >= 0.3 is 13.3 Å². The summed E-state index contributed by atoms with van der Waals surface area (Å²) in [5.41, 5.74) is -3.92. The first kappa shape index (κ1) is 33.8. The van der Waals surface area contributed by atoms with E-state index >= 15 is 0 Å². The Balaban J connectivity index is 1.31. The van der Waals surface area contributed by atoms with Gasteiger partial charge in [0, 0.05) is 23.0 Å². The quantitative estimate of drug-likeness (QED) is 0.158. The number of carbonyl (C=O) groups is 3. The molecule has 1 aliphatic heterocycles. The Kier molecular flexibility index (Phi) is 9.24. The van der Waals surface area contributed by atoms with Gasteiger partial charge < -0.3 is 25.3 Å². The first-order valence-electron chi connectivity index (χ1n) is 14.4. The van der Waals surface area contributed by atoms with Gasteiger partial charge in [0.2, 0.25) is 11.8 Å². The second-order valence-corrected chi connectivity index (χ2v) is 16.1. The Hall–Kier alpha value is -3.55. The smallest absolute Gasteiger partial charge is 0.339 e. The number of aryl methyl sites for hydroxylation is 1. The molecule has 5 rings (SSSR count). The molecule has 2 aromatic heterocycles. The zero-order valence-corrected chi connectivity index (χ0v) is 27.9. The second kappa shape index (κ2) is 12.6. The standard InChI is InChI=1S/C31H33F2N4O6PS2/c1-17-7-9-18(10-8-17)24-16-34-29(46-24)36-26(38)21-6-5-13-37(21)28(40)25(30(2,3)4)35-27(39)23-15-19-14-20(11-12-22(19)45-23)31(32,33)44(41,42)43/h7-12,14-16,21,25H,5-6,13H2,1-4H3,(H,35,39)(H,34,36,38)(H2,41,42,43)/t21-,25?/m0/s1. The van der Waals surface area contributed by atoms with Crippen LogP contribution in [0.5, 0.6) is 0 Å². The van der Waals surface area contributed by atoms with Crippen LogP contribution < -0.4 is 10.6 Å². The molecule has 0 radical (unpaired) electrons. The zero-order valence-electron chi connectivity index (χ0n) is 25.4. The predicted octanol–water partition coefficient (Wildman–Crippen LogP) is 6.33. The topological polar surface area (TPSA) is 149 Å². The number of anilines is 1. The number of fused-ring (bicyclic) bond motifs is 1. The molecular weight excluding hydrogens is 657 g/mol. The van der Waals surface area contributed by atoms with E-state index in [2.05, 4.69) is 15.6 Å². The molecule has 15 heteroatoms. The number of nitrogens with zero attached hydrogens (tertiary/aromatic N) is 2. The number of thiazole rings is 1. The molecule has 1 unspecified atom stereocenters. The Labute approximate surface area is 272 Å². The summed E-state index contributed by atoms with van der Waals surface area (Å²) < 4.78 is 40.3. The van der Waals surface area contributed by atoms with Crippen molar-refractivity contribution in [2.45, 2.75) is 58.3 Å². The molecule has 2 atom stereocenters. The number of thiophene rings is 1. The van der Waals surface area contributed by atoms with E-state index in [0.717, 1.165) is 39.5 Å². The minimum absolute atomic E-state index is 0.123. The Morgan fingerprint density at radius 3 is 2.41 bits per heavy atom. The molecule has 1 saturated heterocycles. The number of amides is 3. The fraction of sp³-hybridized carbons (Fsp3) is 0.355. The van der Waals surface area contributed by atoms with Gasteiger partial charge in [-0.15, -0.1) is 11.3 Å². The Morgan fingerprint density at radius 1 is 1.07 bits per heavy atom. The van der Waals surface area contributed by atoms with E-state index in [9.17, 15) is 27.7 Å². The van der Waals surface area contributed by atoms with Crippen molar-refractivity contribution in [3.05, 3.63) is 70.7 Å². The molecular formula is C31H33F2N4O6PS2. The first-order chi connectivity index (χ1) is 21.5. The van der Waals surface area contributed by atoms with E-state index < -0.39 is 48.1 Å². The maximum absolute atomic E-state index is 14.3. The molecule has 0 bridgehead atoms.